The summed E-state index contributed by atoms with van der Waals surface area (Å²) in [5.74, 6) is -0.162. The number of hydrogen-bond acceptors (Lipinski definition) is 6. The Hall–Kier alpha value is -1.97. The van der Waals surface area contributed by atoms with E-state index >= 15 is 0 Å². The summed E-state index contributed by atoms with van der Waals surface area (Å²) >= 11 is 1.39. The third kappa shape index (κ3) is 4.37. The van der Waals surface area contributed by atoms with Crippen LogP contribution in [0.25, 0.3) is 0 Å². The first-order valence-electron chi connectivity index (χ1n) is 9.26. The van der Waals surface area contributed by atoms with E-state index in [1.165, 1.54) is 34.9 Å². The number of aryl methyl sites for hydroxylation is 2. The number of sulfonamides is 1. The molecule has 2 heterocycles. The first-order valence-corrected chi connectivity index (χ1v) is 11.5. The van der Waals surface area contributed by atoms with Gasteiger partial charge in [-0.25, -0.2) is 13.4 Å². The number of amides is 1. The van der Waals surface area contributed by atoms with E-state index < -0.39 is 15.9 Å². The lowest BCUT2D eigenvalue weighted by atomic mass is 10.2. The number of carbonyl (C=O) groups is 1. The lowest BCUT2D eigenvalue weighted by Gasteiger charge is -2.21. The Morgan fingerprint density at radius 3 is 2.43 bits per heavy atom. The van der Waals surface area contributed by atoms with Crippen LogP contribution in [0.1, 0.15) is 46.6 Å². The van der Waals surface area contributed by atoms with Gasteiger partial charge >= 0.3 is 0 Å². The third-order valence-corrected chi connectivity index (χ3v) is 7.77. The fraction of sp³-hybridized carbons (Fsp3) is 0.474. The summed E-state index contributed by atoms with van der Waals surface area (Å²) < 4.78 is 33.2. The van der Waals surface area contributed by atoms with E-state index in [1.807, 2.05) is 13.8 Å². The molecule has 1 aromatic heterocycles. The second-order valence-corrected chi connectivity index (χ2v) is 9.91. The number of rotatable bonds is 5. The molecular weight excluding hydrogens is 398 g/mol. The number of nitrogens with zero attached hydrogens (tertiary/aromatic N) is 2. The number of aromatic nitrogens is 1. The zero-order valence-corrected chi connectivity index (χ0v) is 18.0. The Labute approximate surface area is 169 Å². The lowest BCUT2D eigenvalue weighted by molar-refractivity contribution is 0.102. The van der Waals surface area contributed by atoms with E-state index in [-0.39, 0.29) is 16.2 Å². The molecule has 9 heteroatoms. The number of anilines is 1. The van der Waals surface area contributed by atoms with Gasteiger partial charge in [0.05, 0.1) is 12.8 Å². The molecule has 1 saturated heterocycles. The molecule has 0 spiro atoms. The minimum Gasteiger partial charge on any atom is -0.495 e. The van der Waals surface area contributed by atoms with E-state index in [1.54, 1.807) is 6.07 Å². The van der Waals surface area contributed by atoms with E-state index in [2.05, 4.69) is 10.3 Å². The maximum Gasteiger partial charge on any atom is 0.257 e. The summed E-state index contributed by atoms with van der Waals surface area (Å²) in [5.41, 5.74) is 1.11. The number of carbonyl (C=O) groups excluding carboxylic acids is 1. The Kier molecular flexibility index (Phi) is 6.36. The molecule has 1 aliphatic heterocycles. The Morgan fingerprint density at radius 1 is 1.18 bits per heavy atom. The molecule has 2 aromatic rings. The SMILES string of the molecule is COc1ccc(C(=O)Nc2nc(C)c(C)s2)cc1S(=O)(=O)N1CCCCCC1. The minimum atomic E-state index is -3.74. The van der Waals surface area contributed by atoms with Crippen LogP contribution >= 0.6 is 11.3 Å². The predicted molar refractivity (Wildman–Crippen MR) is 110 cm³/mol. The smallest absolute Gasteiger partial charge is 0.257 e. The van der Waals surface area contributed by atoms with Gasteiger partial charge in [-0.3, -0.25) is 10.1 Å². The zero-order chi connectivity index (χ0) is 20.3. The topological polar surface area (TPSA) is 88.6 Å². The van der Waals surface area contributed by atoms with E-state index in [4.69, 9.17) is 4.74 Å². The molecule has 3 rings (SSSR count). The maximum atomic E-state index is 13.2. The molecule has 1 fully saturated rings. The number of methoxy groups -OCH3 is 1. The standard InChI is InChI=1S/C19H25N3O4S2/c1-13-14(2)27-19(20-13)21-18(23)15-8-9-16(26-3)17(12-15)28(24,25)22-10-6-4-5-7-11-22/h8-9,12H,4-7,10-11H2,1-3H3,(H,20,21,23). The van der Waals surface area contributed by atoms with Crippen LogP contribution < -0.4 is 10.1 Å². The number of benzene rings is 1. The molecule has 7 nitrogen and oxygen atoms in total. The normalized spacial score (nSPS) is 15.8. The van der Waals surface area contributed by atoms with Gasteiger partial charge in [-0.05, 0) is 44.9 Å². The molecule has 0 aliphatic carbocycles. The van der Waals surface area contributed by atoms with Crippen LogP contribution in [0.3, 0.4) is 0 Å². The summed E-state index contributed by atoms with van der Waals surface area (Å²) in [7, 11) is -2.32. The van der Waals surface area contributed by atoms with Gasteiger partial charge in [0.15, 0.2) is 5.13 Å². The second-order valence-electron chi connectivity index (χ2n) is 6.80. The molecule has 0 saturated carbocycles. The highest BCUT2D eigenvalue weighted by molar-refractivity contribution is 7.89. The molecule has 0 atom stereocenters. The molecule has 1 N–H and O–H groups in total. The van der Waals surface area contributed by atoms with Crippen molar-refractivity contribution in [1.29, 1.82) is 0 Å². The van der Waals surface area contributed by atoms with Crippen molar-refractivity contribution in [2.24, 2.45) is 0 Å². The van der Waals surface area contributed by atoms with Gasteiger partial charge < -0.3 is 4.74 Å². The molecule has 28 heavy (non-hydrogen) atoms. The number of nitrogens with one attached hydrogen (secondary N) is 1. The van der Waals surface area contributed by atoms with Crippen molar-refractivity contribution in [1.82, 2.24) is 9.29 Å². The van der Waals surface area contributed by atoms with Gasteiger partial charge in [0.1, 0.15) is 10.6 Å². The summed E-state index contributed by atoms with van der Waals surface area (Å²) in [6.07, 6.45) is 3.73. The van der Waals surface area contributed by atoms with E-state index in [9.17, 15) is 13.2 Å². The maximum absolute atomic E-state index is 13.2. The summed E-state index contributed by atoms with van der Waals surface area (Å²) in [6, 6.07) is 4.47. The molecule has 0 bridgehead atoms. The highest BCUT2D eigenvalue weighted by Crippen LogP contribution is 2.30. The molecule has 1 aromatic carbocycles. The summed E-state index contributed by atoms with van der Waals surface area (Å²) in [6.45, 7) is 4.78. The first kappa shape index (κ1) is 20.8. The van der Waals surface area contributed by atoms with Crippen LogP contribution in [-0.2, 0) is 10.0 Å². The van der Waals surface area contributed by atoms with Gasteiger partial charge in [0.25, 0.3) is 5.91 Å². The van der Waals surface area contributed by atoms with Crippen molar-refractivity contribution in [2.45, 2.75) is 44.4 Å². The van der Waals surface area contributed by atoms with Crippen molar-refractivity contribution in [3.63, 3.8) is 0 Å². The van der Waals surface area contributed by atoms with Crippen LogP contribution in [0.4, 0.5) is 5.13 Å². The molecule has 1 aliphatic rings. The Bertz CT molecular complexity index is 942. The quantitative estimate of drug-likeness (QED) is 0.794. The second kappa shape index (κ2) is 8.59. The van der Waals surface area contributed by atoms with Gasteiger partial charge in [-0.1, -0.05) is 12.8 Å². The third-order valence-electron chi connectivity index (χ3n) is 4.86. The largest absolute Gasteiger partial charge is 0.495 e. The molecule has 152 valence electrons. The van der Waals surface area contributed by atoms with E-state index in [0.717, 1.165) is 36.3 Å². The van der Waals surface area contributed by atoms with Crippen molar-refractivity contribution in [3.8, 4) is 5.75 Å². The molecule has 1 amide bonds. The van der Waals surface area contributed by atoms with Crippen molar-refractivity contribution in [2.75, 3.05) is 25.5 Å². The minimum absolute atomic E-state index is 0.0241. The van der Waals surface area contributed by atoms with Crippen LogP contribution in [0.2, 0.25) is 0 Å². The van der Waals surface area contributed by atoms with Crippen LogP contribution in [0, 0.1) is 13.8 Å². The average molecular weight is 424 g/mol. The molecular formula is C19H25N3O4S2. The van der Waals surface area contributed by atoms with Crippen LogP contribution in [-0.4, -0.2) is 43.8 Å². The molecule has 0 radical (unpaired) electrons. The van der Waals surface area contributed by atoms with Gasteiger partial charge in [-0.15, -0.1) is 11.3 Å². The lowest BCUT2D eigenvalue weighted by Crippen LogP contribution is -2.32. The fourth-order valence-corrected chi connectivity index (χ4v) is 5.64. The Balaban J connectivity index is 1.91. The number of thiazole rings is 1. The molecule has 0 unspecified atom stereocenters. The van der Waals surface area contributed by atoms with Gasteiger partial charge in [0.2, 0.25) is 10.0 Å². The number of hydrogen-bond donors (Lipinski definition) is 1. The van der Waals surface area contributed by atoms with Crippen LogP contribution in [0.5, 0.6) is 5.75 Å². The summed E-state index contributed by atoms with van der Waals surface area (Å²) in [4.78, 5) is 18.0. The van der Waals surface area contributed by atoms with Gasteiger partial charge in [0, 0.05) is 23.5 Å². The van der Waals surface area contributed by atoms with Crippen molar-refractivity contribution < 1.29 is 17.9 Å². The van der Waals surface area contributed by atoms with Crippen LogP contribution in [0.15, 0.2) is 23.1 Å². The van der Waals surface area contributed by atoms with Gasteiger partial charge in [-0.2, -0.15) is 4.31 Å². The zero-order valence-electron chi connectivity index (χ0n) is 16.3. The first-order chi connectivity index (χ1) is 13.3. The average Bonchev–Trinajstić information content (AvgIpc) is 2.87. The fourth-order valence-electron chi connectivity index (χ4n) is 3.14. The predicted octanol–water partition coefficient (Wildman–Crippen LogP) is 3.59. The highest BCUT2D eigenvalue weighted by Gasteiger charge is 2.29. The Morgan fingerprint density at radius 2 is 1.86 bits per heavy atom. The monoisotopic (exact) mass is 423 g/mol. The van der Waals surface area contributed by atoms with Crippen molar-refractivity contribution in [3.05, 3.63) is 34.3 Å². The summed E-state index contributed by atoms with van der Waals surface area (Å²) in [5, 5.41) is 3.24. The van der Waals surface area contributed by atoms with E-state index in [0.29, 0.717) is 18.2 Å². The van der Waals surface area contributed by atoms with Crippen molar-refractivity contribution >= 4 is 32.4 Å². The number of ether oxygens (including phenoxy) is 1. The highest BCUT2D eigenvalue weighted by atomic mass is 32.2.